The van der Waals surface area contributed by atoms with Gasteiger partial charge in [0.1, 0.15) is 11.2 Å². The van der Waals surface area contributed by atoms with Crippen molar-refractivity contribution in [1.29, 1.82) is 0 Å². The van der Waals surface area contributed by atoms with Crippen molar-refractivity contribution in [3.63, 3.8) is 0 Å². The molecule has 0 atom stereocenters. The molecule has 0 aromatic heterocycles. The van der Waals surface area contributed by atoms with Gasteiger partial charge in [-0.05, 0) is 63.1 Å². The maximum atomic E-state index is 6.08. The summed E-state index contributed by atoms with van der Waals surface area (Å²) in [7, 11) is 0. The Kier molecular flexibility index (Phi) is 6.12. The molecule has 24 heavy (non-hydrogen) atoms. The lowest BCUT2D eigenvalue weighted by molar-refractivity contribution is -0.410. The minimum absolute atomic E-state index is 0.467. The van der Waals surface area contributed by atoms with E-state index in [0.717, 1.165) is 11.1 Å². The molecule has 0 heterocycles. The van der Waals surface area contributed by atoms with Crippen LogP contribution in [0.5, 0.6) is 0 Å². The fraction of sp³-hybridized carbons (Fsp3) is 0.333. The molecule has 2 nitrogen and oxygen atoms in total. The van der Waals surface area contributed by atoms with E-state index in [1.165, 1.54) is 0 Å². The Bertz CT molecular complexity index is 678. The van der Waals surface area contributed by atoms with Gasteiger partial charge in [0.15, 0.2) is 0 Å². The summed E-state index contributed by atoms with van der Waals surface area (Å²) >= 11 is 24.1. The predicted octanol–water partition coefficient (Wildman–Crippen LogP) is 7.42. The maximum Gasteiger partial charge on any atom is 0.123 e. The highest BCUT2D eigenvalue weighted by molar-refractivity contribution is 6.42. The molecule has 0 aliphatic heterocycles. The van der Waals surface area contributed by atoms with Crippen LogP contribution in [-0.2, 0) is 21.0 Å². The molecule has 0 saturated heterocycles. The molecule has 0 amide bonds. The number of rotatable bonds is 5. The zero-order valence-electron chi connectivity index (χ0n) is 13.8. The summed E-state index contributed by atoms with van der Waals surface area (Å²) in [5, 5.41) is 1.92. The molecule has 0 fully saturated rings. The third-order valence-electron chi connectivity index (χ3n) is 3.69. The van der Waals surface area contributed by atoms with Crippen molar-refractivity contribution in [2.24, 2.45) is 0 Å². The second-order valence-corrected chi connectivity index (χ2v) is 8.07. The molecule has 0 N–H and O–H groups in total. The molecule has 0 bridgehead atoms. The smallest absolute Gasteiger partial charge is 0.123 e. The number of halogens is 4. The normalized spacial score (nSPS) is 12.5. The fourth-order valence-corrected chi connectivity index (χ4v) is 2.64. The third-order valence-corrected chi connectivity index (χ3v) is 5.17. The van der Waals surface area contributed by atoms with Crippen molar-refractivity contribution in [3.8, 4) is 0 Å². The Balaban J connectivity index is 2.17. The number of benzene rings is 2. The molecular weight excluding hydrogens is 390 g/mol. The van der Waals surface area contributed by atoms with Crippen LogP contribution in [0.1, 0.15) is 38.8 Å². The van der Waals surface area contributed by atoms with E-state index < -0.39 is 11.2 Å². The lowest BCUT2D eigenvalue weighted by atomic mass is 9.98. The van der Waals surface area contributed by atoms with Gasteiger partial charge < -0.3 is 0 Å². The molecule has 0 aliphatic carbocycles. The first-order valence-electron chi connectivity index (χ1n) is 7.31. The Morgan fingerprint density at radius 2 is 0.917 bits per heavy atom. The predicted molar refractivity (Wildman–Crippen MR) is 101 cm³/mol. The Hall–Kier alpha value is -0.480. The summed E-state index contributed by atoms with van der Waals surface area (Å²) in [6.07, 6.45) is 0. The van der Waals surface area contributed by atoms with Crippen LogP contribution in [0.15, 0.2) is 36.4 Å². The average Bonchev–Trinajstić information content (AvgIpc) is 2.51. The van der Waals surface area contributed by atoms with E-state index in [-0.39, 0.29) is 0 Å². The SMILES string of the molecule is CC(C)(OOC(C)(C)c1ccc(Cl)c(Cl)c1)c1ccc(Cl)c(Cl)c1. The van der Waals surface area contributed by atoms with Crippen LogP contribution in [-0.4, -0.2) is 0 Å². The highest BCUT2D eigenvalue weighted by Crippen LogP contribution is 2.35. The molecule has 130 valence electrons. The van der Waals surface area contributed by atoms with Crippen molar-refractivity contribution in [2.45, 2.75) is 38.9 Å². The van der Waals surface area contributed by atoms with Gasteiger partial charge in [0.2, 0.25) is 0 Å². The van der Waals surface area contributed by atoms with Crippen molar-refractivity contribution in [2.75, 3.05) is 0 Å². The van der Waals surface area contributed by atoms with Gasteiger partial charge >= 0.3 is 0 Å². The summed E-state index contributed by atoms with van der Waals surface area (Å²) in [4.78, 5) is 11.4. The Labute approximate surface area is 162 Å². The van der Waals surface area contributed by atoms with Gasteiger partial charge in [-0.15, -0.1) is 0 Å². The van der Waals surface area contributed by atoms with E-state index in [4.69, 9.17) is 56.2 Å². The van der Waals surface area contributed by atoms with Crippen LogP contribution < -0.4 is 0 Å². The lowest BCUT2D eigenvalue weighted by Crippen LogP contribution is -2.29. The van der Waals surface area contributed by atoms with E-state index >= 15 is 0 Å². The van der Waals surface area contributed by atoms with Crippen molar-refractivity contribution in [3.05, 3.63) is 67.6 Å². The third kappa shape index (κ3) is 4.57. The minimum Gasteiger partial charge on any atom is -0.225 e. The van der Waals surface area contributed by atoms with Gasteiger partial charge in [-0.3, -0.25) is 0 Å². The fourth-order valence-electron chi connectivity index (χ4n) is 2.05. The zero-order valence-corrected chi connectivity index (χ0v) is 16.8. The first-order valence-corrected chi connectivity index (χ1v) is 8.82. The molecule has 0 unspecified atom stereocenters. The first kappa shape index (κ1) is 19.8. The van der Waals surface area contributed by atoms with Gasteiger partial charge in [0, 0.05) is 0 Å². The summed E-state index contributed by atoms with van der Waals surface area (Å²) in [5.74, 6) is 0. The highest BCUT2D eigenvalue weighted by Gasteiger charge is 2.30. The maximum absolute atomic E-state index is 6.08. The minimum atomic E-state index is -0.721. The summed E-state index contributed by atoms with van der Waals surface area (Å²) in [6.45, 7) is 7.55. The first-order chi connectivity index (χ1) is 11.0. The van der Waals surface area contributed by atoms with Gasteiger partial charge in [-0.25, -0.2) is 9.78 Å². The van der Waals surface area contributed by atoms with Crippen molar-refractivity contribution >= 4 is 46.4 Å². The van der Waals surface area contributed by atoms with Gasteiger partial charge in [0.25, 0.3) is 0 Å². The van der Waals surface area contributed by atoms with Crippen LogP contribution >= 0.6 is 46.4 Å². The number of hydrogen-bond donors (Lipinski definition) is 0. The van der Waals surface area contributed by atoms with Crippen LogP contribution in [0.2, 0.25) is 20.1 Å². The van der Waals surface area contributed by atoms with Crippen LogP contribution in [0.25, 0.3) is 0 Å². The quantitative estimate of drug-likeness (QED) is 0.379. The molecule has 0 aliphatic rings. The van der Waals surface area contributed by atoms with E-state index in [9.17, 15) is 0 Å². The average molecular weight is 408 g/mol. The molecule has 2 aromatic carbocycles. The van der Waals surface area contributed by atoms with E-state index in [1.807, 2.05) is 39.8 Å². The molecular formula is C18H18Cl4O2. The van der Waals surface area contributed by atoms with E-state index in [0.29, 0.717) is 20.1 Å². The zero-order chi connectivity index (χ0) is 18.1. The topological polar surface area (TPSA) is 18.5 Å². The largest absolute Gasteiger partial charge is 0.225 e. The van der Waals surface area contributed by atoms with Gasteiger partial charge in [-0.2, -0.15) is 0 Å². The summed E-state index contributed by atoms with van der Waals surface area (Å²) < 4.78 is 0. The molecule has 2 rings (SSSR count). The monoisotopic (exact) mass is 406 g/mol. The summed E-state index contributed by atoms with van der Waals surface area (Å²) in [6, 6.07) is 10.7. The van der Waals surface area contributed by atoms with Gasteiger partial charge in [-0.1, -0.05) is 58.5 Å². The van der Waals surface area contributed by atoms with Crippen molar-refractivity contribution in [1.82, 2.24) is 0 Å². The summed E-state index contributed by atoms with van der Waals surface area (Å²) in [5.41, 5.74) is 0.257. The van der Waals surface area contributed by atoms with Crippen LogP contribution in [0, 0.1) is 0 Å². The number of hydrogen-bond acceptors (Lipinski definition) is 2. The molecule has 0 saturated carbocycles. The molecule has 0 spiro atoms. The molecule has 2 aromatic rings. The Morgan fingerprint density at radius 1 is 0.583 bits per heavy atom. The van der Waals surface area contributed by atoms with E-state index in [2.05, 4.69) is 0 Å². The van der Waals surface area contributed by atoms with E-state index in [1.54, 1.807) is 24.3 Å². The lowest BCUT2D eigenvalue weighted by Gasteiger charge is -2.31. The van der Waals surface area contributed by atoms with Crippen LogP contribution in [0.4, 0.5) is 0 Å². The second-order valence-electron chi connectivity index (χ2n) is 6.45. The van der Waals surface area contributed by atoms with Crippen LogP contribution in [0.3, 0.4) is 0 Å². The standard InChI is InChI=1S/C18H18Cl4O2/c1-17(2,11-5-7-13(19)15(21)9-11)23-24-18(3,4)12-6-8-14(20)16(22)10-12/h5-10H,1-4H3. The second kappa shape index (κ2) is 7.41. The highest BCUT2D eigenvalue weighted by atomic mass is 35.5. The van der Waals surface area contributed by atoms with Gasteiger partial charge in [0.05, 0.1) is 20.1 Å². The molecule has 0 radical (unpaired) electrons. The van der Waals surface area contributed by atoms with Crippen molar-refractivity contribution < 1.29 is 9.78 Å². The molecule has 6 heteroatoms. The Morgan fingerprint density at radius 3 is 1.21 bits per heavy atom.